The first-order chi connectivity index (χ1) is 11.0. The fourth-order valence-corrected chi connectivity index (χ4v) is 2.24. The van der Waals surface area contributed by atoms with Crippen molar-refractivity contribution in [1.82, 2.24) is 10.3 Å². The minimum atomic E-state index is -0.603. The fourth-order valence-electron chi connectivity index (χ4n) is 2.02. The van der Waals surface area contributed by atoms with Crippen molar-refractivity contribution >= 4 is 17.5 Å². The Hall–Kier alpha value is -2.27. The Bertz CT molecular complexity index is 674. The van der Waals surface area contributed by atoms with Crippen molar-refractivity contribution in [1.29, 1.82) is 0 Å². The molecule has 6 heteroatoms. The summed E-state index contributed by atoms with van der Waals surface area (Å²) in [6, 6.07) is 8.36. The minimum Gasteiger partial charge on any atom is -0.508 e. The lowest BCUT2D eigenvalue weighted by Gasteiger charge is -2.18. The van der Waals surface area contributed by atoms with Crippen LogP contribution in [0.15, 0.2) is 36.5 Å². The van der Waals surface area contributed by atoms with Crippen LogP contribution < -0.4 is 10.1 Å². The van der Waals surface area contributed by atoms with Crippen LogP contribution in [0.1, 0.15) is 24.5 Å². The maximum atomic E-state index is 12.3. The van der Waals surface area contributed by atoms with Gasteiger partial charge in [0.25, 0.3) is 5.91 Å². The van der Waals surface area contributed by atoms with Gasteiger partial charge in [-0.1, -0.05) is 30.7 Å². The van der Waals surface area contributed by atoms with Crippen LogP contribution in [0.4, 0.5) is 0 Å². The number of rotatable bonds is 6. The van der Waals surface area contributed by atoms with Crippen LogP contribution in [0.5, 0.6) is 11.5 Å². The van der Waals surface area contributed by atoms with E-state index in [9.17, 15) is 9.90 Å². The first-order valence-electron chi connectivity index (χ1n) is 7.34. The van der Waals surface area contributed by atoms with E-state index in [0.717, 1.165) is 11.1 Å². The van der Waals surface area contributed by atoms with Gasteiger partial charge in [0.2, 0.25) is 0 Å². The van der Waals surface area contributed by atoms with Crippen molar-refractivity contribution in [3.8, 4) is 11.5 Å². The Balaban J connectivity index is 1.96. The number of hydrogen-bond acceptors (Lipinski definition) is 4. The fraction of sp³-hybridized carbons (Fsp3) is 0.294. The van der Waals surface area contributed by atoms with Crippen LogP contribution in [0, 0.1) is 6.92 Å². The molecular formula is C17H19ClN2O3. The molecule has 23 heavy (non-hydrogen) atoms. The highest BCUT2D eigenvalue weighted by Crippen LogP contribution is 2.21. The monoisotopic (exact) mass is 334 g/mol. The summed E-state index contributed by atoms with van der Waals surface area (Å²) in [6.45, 7) is 4.10. The predicted octanol–water partition coefficient (Wildman–Crippen LogP) is 3.22. The molecule has 0 saturated carbocycles. The molecule has 1 aromatic carbocycles. The number of phenolic OH excluding ortho intramolecular Hbond substituents is 1. The third-order valence-corrected chi connectivity index (χ3v) is 3.57. The first-order valence-corrected chi connectivity index (χ1v) is 7.71. The van der Waals surface area contributed by atoms with Crippen LogP contribution in [-0.4, -0.2) is 22.1 Å². The number of amides is 1. The maximum absolute atomic E-state index is 12.3. The van der Waals surface area contributed by atoms with Gasteiger partial charge < -0.3 is 15.2 Å². The Labute approximate surface area is 140 Å². The molecule has 5 nitrogen and oxygen atoms in total. The zero-order valence-electron chi connectivity index (χ0n) is 13.0. The number of nitrogens with one attached hydrogen (secondary N) is 1. The third-order valence-electron chi connectivity index (χ3n) is 3.36. The van der Waals surface area contributed by atoms with E-state index >= 15 is 0 Å². The summed E-state index contributed by atoms with van der Waals surface area (Å²) in [5.74, 6) is 0.538. The van der Waals surface area contributed by atoms with Crippen molar-refractivity contribution in [2.45, 2.75) is 32.9 Å². The van der Waals surface area contributed by atoms with Gasteiger partial charge in [-0.15, -0.1) is 0 Å². The van der Waals surface area contributed by atoms with Crippen LogP contribution in [-0.2, 0) is 11.3 Å². The van der Waals surface area contributed by atoms with Crippen LogP contribution in [0.3, 0.4) is 0 Å². The second-order valence-corrected chi connectivity index (χ2v) is 5.56. The van der Waals surface area contributed by atoms with Gasteiger partial charge in [-0.3, -0.25) is 4.79 Å². The molecule has 122 valence electrons. The Morgan fingerprint density at radius 3 is 2.70 bits per heavy atom. The molecule has 0 bridgehead atoms. The lowest BCUT2D eigenvalue weighted by atomic mass is 10.2. The Kier molecular flexibility index (Phi) is 5.82. The van der Waals surface area contributed by atoms with Crippen molar-refractivity contribution in [3.05, 3.63) is 52.8 Å². The molecule has 0 aliphatic carbocycles. The summed E-state index contributed by atoms with van der Waals surface area (Å²) < 4.78 is 5.75. The Morgan fingerprint density at radius 2 is 2.09 bits per heavy atom. The number of aryl methyl sites for hydroxylation is 1. The highest BCUT2D eigenvalue weighted by Gasteiger charge is 2.19. The summed E-state index contributed by atoms with van der Waals surface area (Å²) in [4.78, 5) is 16.2. The molecule has 2 N–H and O–H groups in total. The van der Waals surface area contributed by atoms with E-state index in [1.165, 1.54) is 6.20 Å². The van der Waals surface area contributed by atoms with Gasteiger partial charge in [0.05, 0.1) is 6.20 Å². The van der Waals surface area contributed by atoms with Gasteiger partial charge in [-0.25, -0.2) is 4.98 Å². The normalized spacial score (nSPS) is 11.8. The molecule has 1 amide bonds. The summed E-state index contributed by atoms with van der Waals surface area (Å²) >= 11 is 5.81. The zero-order valence-corrected chi connectivity index (χ0v) is 13.8. The molecule has 1 heterocycles. The SMILES string of the molecule is CCC(Oc1cnc(Cl)cc1C)C(=O)NCc1ccc(O)cc1. The second kappa shape index (κ2) is 7.83. The number of ether oxygens (including phenoxy) is 1. The summed E-state index contributed by atoms with van der Waals surface area (Å²) in [7, 11) is 0. The quantitative estimate of drug-likeness (QED) is 0.796. The largest absolute Gasteiger partial charge is 0.508 e. The van der Waals surface area contributed by atoms with Gasteiger partial charge in [0, 0.05) is 6.54 Å². The molecule has 0 aliphatic heterocycles. The smallest absolute Gasteiger partial charge is 0.261 e. The molecular weight excluding hydrogens is 316 g/mol. The van der Waals surface area contributed by atoms with Gasteiger partial charge in [-0.2, -0.15) is 0 Å². The highest BCUT2D eigenvalue weighted by atomic mass is 35.5. The van der Waals surface area contributed by atoms with E-state index in [0.29, 0.717) is 23.9 Å². The molecule has 0 aliphatic rings. The number of halogens is 1. The van der Waals surface area contributed by atoms with E-state index in [1.807, 2.05) is 13.8 Å². The predicted molar refractivity (Wildman–Crippen MR) is 88.6 cm³/mol. The molecule has 0 radical (unpaired) electrons. The standard InChI is InChI=1S/C17H19ClN2O3/c1-3-14(23-15-10-19-16(18)8-11(15)2)17(22)20-9-12-4-6-13(21)7-5-12/h4-8,10,14,21H,3,9H2,1-2H3,(H,20,22). The molecule has 1 atom stereocenters. The van der Waals surface area contributed by atoms with Crippen molar-refractivity contribution in [3.63, 3.8) is 0 Å². The number of nitrogens with zero attached hydrogens (tertiary/aromatic N) is 1. The van der Waals surface area contributed by atoms with Gasteiger partial charge in [0.1, 0.15) is 16.7 Å². The number of carbonyl (C=O) groups is 1. The summed E-state index contributed by atoms with van der Waals surface area (Å²) in [5.41, 5.74) is 1.73. The topological polar surface area (TPSA) is 71.5 Å². The van der Waals surface area contributed by atoms with Crippen molar-refractivity contribution in [2.24, 2.45) is 0 Å². The maximum Gasteiger partial charge on any atom is 0.261 e. The summed E-state index contributed by atoms with van der Waals surface area (Å²) in [6.07, 6.45) is 1.45. The molecule has 2 rings (SSSR count). The third kappa shape index (κ3) is 4.86. The second-order valence-electron chi connectivity index (χ2n) is 5.17. The number of aromatic hydroxyl groups is 1. The summed E-state index contributed by atoms with van der Waals surface area (Å²) in [5, 5.41) is 12.5. The van der Waals surface area contributed by atoms with E-state index in [2.05, 4.69) is 10.3 Å². The van der Waals surface area contributed by atoms with Gasteiger partial charge in [-0.05, 0) is 42.7 Å². The molecule has 0 fully saturated rings. The van der Waals surface area contributed by atoms with E-state index in [-0.39, 0.29) is 11.7 Å². The Morgan fingerprint density at radius 1 is 1.39 bits per heavy atom. The molecule has 0 spiro atoms. The van der Waals surface area contributed by atoms with Crippen molar-refractivity contribution in [2.75, 3.05) is 0 Å². The van der Waals surface area contributed by atoms with Crippen LogP contribution >= 0.6 is 11.6 Å². The van der Waals surface area contributed by atoms with Crippen LogP contribution in [0.2, 0.25) is 5.15 Å². The molecule has 1 unspecified atom stereocenters. The highest BCUT2D eigenvalue weighted by molar-refractivity contribution is 6.29. The number of phenols is 1. The molecule has 2 aromatic rings. The number of pyridine rings is 1. The van der Waals surface area contributed by atoms with E-state index in [4.69, 9.17) is 16.3 Å². The zero-order chi connectivity index (χ0) is 16.8. The van der Waals surface area contributed by atoms with Gasteiger partial charge in [0.15, 0.2) is 6.10 Å². The average molecular weight is 335 g/mol. The number of benzene rings is 1. The molecule has 0 saturated heterocycles. The molecule has 1 aromatic heterocycles. The number of aromatic nitrogens is 1. The van der Waals surface area contributed by atoms with Gasteiger partial charge >= 0.3 is 0 Å². The van der Waals surface area contributed by atoms with E-state index < -0.39 is 6.10 Å². The van der Waals surface area contributed by atoms with E-state index in [1.54, 1.807) is 30.3 Å². The number of hydrogen-bond donors (Lipinski definition) is 2. The average Bonchev–Trinajstić information content (AvgIpc) is 2.53. The number of carbonyl (C=O) groups excluding carboxylic acids is 1. The van der Waals surface area contributed by atoms with Crippen LogP contribution in [0.25, 0.3) is 0 Å². The lowest BCUT2D eigenvalue weighted by molar-refractivity contribution is -0.128. The van der Waals surface area contributed by atoms with Crippen molar-refractivity contribution < 1.29 is 14.6 Å². The lowest BCUT2D eigenvalue weighted by Crippen LogP contribution is -2.37. The minimum absolute atomic E-state index is 0.195. The first kappa shape index (κ1) is 17.1.